The molecule has 8 heteroatoms. The summed E-state index contributed by atoms with van der Waals surface area (Å²) in [4.78, 5) is 12.2. The van der Waals surface area contributed by atoms with Gasteiger partial charge < -0.3 is 0 Å². The van der Waals surface area contributed by atoms with Crippen LogP contribution in [0.2, 0.25) is 0 Å². The minimum atomic E-state index is -1.21. The first-order valence-electron chi connectivity index (χ1n) is 8.28. The maximum Gasteiger partial charge on any atom is 0.226 e. The fourth-order valence-electron chi connectivity index (χ4n) is 3.42. The highest BCUT2D eigenvalue weighted by atomic mass is 32.2. The van der Waals surface area contributed by atoms with Crippen molar-refractivity contribution in [3.8, 4) is 5.82 Å². The van der Waals surface area contributed by atoms with Crippen molar-refractivity contribution in [1.29, 1.82) is 0 Å². The van der Waals surface area contributed by atoms with Gasteiger partial charge in [-0.25, -0.2) is 9.97 Å². The summed E-state index contributed by atoms with van der Waals surface area (Å²) in [5.41, 5.74) is 1.38. The number of nitrogens with zero attached hydrogens (tertiary/aromatic N) is 5. The average molecular weight is 359 g/mol. The molecule has 0 N–H and O–H groups in total. The highest BCUT2D eigenvalue weighted by Gasteiger charge is 2.30. The number of thiophene rings is 1. The molecule has 24 heavy (non-hydrogen) atoms. The second kappa shape index (κ2) is 5.42. The molecule has 0 amide bonds. The quantitative estimate of drug-likeness (QED) is 0.719. The molecule has 0 spiro atoms. The van der Waals surface area contributed by atoms with Gasteiger partial charge in [0.05, 0.1) is 16.2 Å². The zero-order valence-electron chi connectivity index (χ0n) is 13.4. The first-order valence-corrected chi connectivity index (χ1v) is 10.7. The Balaban J connectivity index is 1.83. The van der Waals surface area contributed by atoms with Crippen LogP contribution >= 0.6 is 11.3 Å². The van der Waals surface area contributed by atoms with Crippen molar-refractivity contribution >= 4 is 32.4 Å². The van der Waals surface area contributed by atoms with E-state index in [0.29, 0.717) is 11.1 Å². The Hall–Kier alpha value is -1.67. The Kier molecular flexibility index (Phi) is 3.31. The standard InChI is InChI=1S/C16H17N5OS2/c1-24(22)16-20-17-8-21(16)14-12-10-4-2-3-5-11(10)23-15(12)19-13(18-14)9-6-7-9/h8-9H,2-7H2,1H3. The molecule has 0 radical (unpaired) electrons. The molecular formula is C16H17N5OS2. The number of hydrogen-bond acceptors (Lipinski definition) is 6. The van der Waals surface area contributed by atoms with Gasteiger partial charge in [-0.1, -0.05) is 0 Å². The summed E-state index contributed by atoms with van der Waals surface area (Å²) in [5, 5.41) is 9.59. The van der Waals surface area contributed by atoms with E-state index in [2.05, 4.69) is 10.2 Å². The maximum atomic E-state index is 12.0. The third kappa shape index (κ3) is 2.23. The summed E-state index contributed by atoms with van der Waals surface area (Å²) in [6.45, 7) is 0. The molecule has 1 saturated carbocycles. The highest BCUT2D eigenvalue weighted by Crippen LogP contribution is 2.43. The molecule has 6 nitrogen and oxygen atoms in total. The van der Waals surface area contributed by atoms with Crippen LogP contribution in [0.1, 0.15) is 47.9 Å². The lowest BCUT2D eigenvalue weighted by Crippen LogP contribution is -2.08. The number of rotatable bonds is 3. The molecular weight excluding hydrogens is 342 g/mol. The minimum absolute atomic E-state index is 0.451. The molecule has 124 valence electrons. The third-order valence-corrected chi connectivity index (χ3v) is 6.74. The van der Waals surface area contributed by atoms with Crippen molar-refractivity contribution in [2.75, 3.05) is 6.26 Å². The van der Waals surface area contributed by atoms with Crippen LogP contribution < -0.4 is 0 Å². The maximum absolute atomic E-state index is 12.0. The fraction of sp³-hybridized carbons (Fsp3) is 0.500. The van der Waals surface area contributed by atoms with E-state index in [1.54, 1.807) is 28.5 Å². The van der Waals surface area contributed by atoms with E-state index >= 15 is 0 Å². The van der Waals surface area contributed by atoms with E-state index in [-0.39, 0.29) is 0 Å². The van der Waals surface area contributed by atoms with Crippen molar-refractivity contribution < 1.29 is 4.21 Å². The number of fused-ring (bicyclic) bond motifs is 3. The SMILES string of the molecule is CS(=O)c1nncn1-c1nc(C2CC2)nc2sc3c(c12)CCCC3. The Bertz CT molecular complexity index is 972. The monoisotopic (exact) mass is 359 g/mol. The van der Waals surface area contributed by atoms with Crippen LogP contribution in [0.3, 0.4) is 0 Å². The minimum Gasteiger partial charge on any atom is -0.257 e. The second-order valence-electron chi connectivity index (χ2n) is 6.51. The molecule has 1 unspecified atom stereocenters. The normalized spacial score (nSPS) is 18.7. The van der Waals surface area contributed by atoms with Gasteiger partial charge in [0, 0.05) is 17.1 Å². The summed E-state index contributed by atoms with van der Waals surface area (Å²) in [7, 11) is -1.21. The van der Waals surface area contributed by atoms with Gasteiger partial charge in [0.2, 0.25) is 5.16 Å². The van der Waals surface area contributed by atoms with Gasteiger partial charge in [0.25, 0.3) is 0 Å². The average Bonchev–Trinajstić information content (AvgIpc) is 3.19. The second-order valence-corrected chi connectivity index (χ2v) is 8.87. The van der Waals surface area contributed by atoms with E-state index in [9.17, 15) is 4.21 Å². The van der Waals surface area contributed by atoms with Crippen LogP contribution in [0.4, 0.5) is 0 Å². The molecule has 0 saturated heterocycles. The van der Waals surface area contributed by atoms with Gasteiger partial charge in [-0.2, -0.15) is 0 Å². The Labute approximate surface area is 145 Å². The Morgan fingerprint density at radius 3 is 2.88 bits per heavy atom. The Morgan fingerprint density at radius 1 is 1.25 bits per heavy atom. The number of aromatic nitrogens is 5. The zero-order valence-corrected chi connectivity index (χ0v) is 15.0. The van der Waals surface area contributed by atoms with E-state index in [1.807, 2.05) is 0 Å². The Morgan fingerprint density at radius 2 is 2.08 bits per heavy atom. The van der Waals surface area contributed by atoms with E-state index in [4.69, 9.17) is 9.97 Å². The first kappa shape index (κ1) is 14.7. The summed E-state index contributed by atoms with van der Waals surface area (Å²) in [6.07, 6.45) is 10.2. The van der Waals surface area contributed by atoms with E-state index in [1.165, 1.54) is 23.3 Å². The lowest BCUT2D eigenvalue weighted by Gasteiger charge is -2.13. The topological polar surface area (TPSA) is 73.6 Å². The van der Waals surface area contributed by atoms with Gasteiger partial charge in [0.15, 0.2) is 5.82 Å². The van der Waals surface area contributed by atoms with Gasteiger partial charge in [-0.3, -0.25) is 8.78 Å². The van der Waals surface area contributed by atoms with Crippen molar-refractivity contribution in [3.05, 3.63) is 22.6 Å². The van der Waals surface area contributed by atoms with Gasteiger partial charge in [-0.05, 0) is 44.1 Å². The largest absolute Gasteiger partial charge is 0.257 e. The van der Waals surface area contributed by atoms with Crippen molar-refractivity contribution in [3.63, 3.8) is 0 Å². The number of aryl methyl sites for hydroxylation is 2. The van der Waals surface area contributed by atoms with Crippen molar-refractivity contribution in [2.24, 2.45) is 0 Å². The summed E-state index contributed by atoms with van der Waals surface area (Å²) in [6, 6.07) is 0. The molecule has 0 aliphatic heterocycles. The highest BCUT2D eigenvalue weighted by molar-refractivity contribution is 7.84. The smallest absolute Gasteiger partial charge is 0.226 e. The van der Waals surface area contributed by atoms with Gasteiger partial charge in [0.1, 0.15) is 17.0 Å². The van der Waals surface area contributed by atoms with Crippen LogP contribution in [-0.4, -0.2) is 35.2 Å². The molecule has 2 aliphatic rings. The van der Waals surface area contributed by atoms with E-state index < -0.39 is 10.8 Å². The zero-order chi connectivity index (χ0) is 16.3. The third-order valence-electron chi connectivity index (χ3n) is 4.76. The lowest BCUT2D eigenvalue weighted by atomic mass is 9.97. The number of hydrogen-bond donors (Lipinski definition) is 0. The summed E-state index contributed by atoms with van der Waals surface area (Å²) in [5.74, 6) is 2.20. The fourth-order valence-corrected chi connectivity index (χ4v) is 5.25. The molecule has 1 atom stereocenters. The van der Waals surface area contributed by atoms with Crippen molar-refractivity contribution in [2.45, 2.75) is 49.6 Å². The summed E-state index contributed by atoms with van der Waals surface area (Å²) < 4.78 is 13.8. The predicted octanol–water partition coefficient (Wildman–Crippen LogP) is 2.77. The van der Waals surface area contributed by atoms with Crippen LogP contribution in [0.15, 0.2) is 11.5 Å². The summed E-state index contributed by atoms with van der Waals surface area (Å²) >= 11 is 1.80. The lowest BCUT2D eigenvalue weighted by molar-refractivity contribution is 0.674. The molecule has 3 aromatic heterocycles. The molecule has 2 aliphatic carbocycles. The predicted molar refractivity (Wildman–Crippen MR) is 93.3 cm³/mol. The molecule has 1 fully saturated rings. The molecule has 3 heterocycles. The molecule has 5 rings (SSSR count). The van der Waals surface area contributed by atoms with E-state index in [0.717, 1.165) is 47.5 Å². The molecule has 0 bridgehead atoms. The molecule has 3 aromatic rings. The van der Waals surface area contributed by atoms with Gasteiger partial charge in [-0.15, -0.1) is 21.5 Å². The van der Waals surface area contributed by atoms with Crippen LogP contribution in [-0.2, 0) is 23.6 Å². The van der Waals surface area contributed by atoms with Crippen LogP contribution in [0.25, 0.3) is 16.0 Å². The van der Waals surface area contributed by atoms with Crippen LogP contribution in [0.5, 0.6) is 0 Å². The van der Waals surface area contributed by atoms with Crippen LogP contribution in [0, 0.1) is 0 Å². The molecule has 0 aromatic carbocycles. The first-order chi connectivity index (χ1) is 11.7. The van der Waals surface area contributed by atoms with Crippen molar-refractivity contribution in [1.82, 2.24) is 24.7 Å². The van der Waals surface area contributed by atoms with Gasteiger partial charge >= 0.3 is 0 Å².